The molecule has 0 saturated heterocycles. The molecule has 1 atom stereocenters. The van der Waals surface area contributed by atoms with E-state index in [1.165, 1.54) is 0 Å². The van der Waals surface area contributed by atoms with Crippen LogP contribution in [0.15, 0.2) is 12.4 Å². The third-order valence-corrected chi connectivity index (χ3v) is 5.05. The second kappa shape index (κ2) is 8.51. The summed E-state index contributed by atoms with van der Waals surface area (Å²) in [6, 6.07) is 0.268. The van der Waals surface area contributed by atoms with Crippen LogP contribution < -0.4 is 11.3 Å². The molecule has 0 aliphatic carbocycles. The van der Waals surface area contributed by atoms with Crippen LogP contribution in [0.2, 0.25) is 0 Å². The van der Waals surface area contributed by atoms with Crippen LogP contribution in [0.25, 0.3) is 0 Å². The van der Waals surface area contributed by atoms with E-state index in [0.29, 0.717) is 0 Å². The van der Waals surface area contributed by atoms with Gasteiger partial charge in [-0.25, -0.2) is 4.98 Å². The van der Waals surface area contributed by atoms with Gasteiger partial charge in [0, 0.05) is 37.4 Å². The fourth-order valence-corrected chi connectivity index (χ4v) is 3.68. The minimum absolute atomic E-state index is 0.114. The predicted molar refractivity (Wildman–Crippen MR) is 88.9 cm³/mol. The van der Waals surface area contributed by atoms with E-state index in [9.17, 15) is 0 Å². The van der Waals surface area contributed by atoms with Crippen LogP contribution in [-0.4, -0.2) is 39.1 Å². The number of nitrogens with one attached hydrogen (secondary N) is 1. The van der Waals surface area contributed by atoms with Gasteiger partial charge >= 0.3 is 0 Å². The van der Waals surface area contributed by atoms with E-state index < -0.39 is 0 Å². The van der Waals surface area contributed by atoms with Crippen molar-refractivity contribution in [1.82, 2.24) is 19.9 Å². The Hall–Kier alpha value is -0.910. The lowest BCUT2D eigenvalue weighted by Gasteiger charge is -2.47. The van der Waals surface area contributed by atoms with Gasteiger partial charge in [0.1, 0.15) is 5.82 Å². The van der Waals surface area contributed by atoms with Gasteiger partial charge in [-0.3, -0.25) is 16.2 Å². The molecule has 1 aromatic heterocycles. The number of nitrogens with two attached hydrogens (primary N) is 1. The number of imidazole rings is 1. The molecule has 21 heavy (non-hydrogen) atoms. The van der Waals surface area contributed by atoms with E-state index >= 15 is 0 Å². The number of hydrazine groups is 1. The SMILES string of the molecule is CCN(CC)C(CC)(CC)C(CCc1nccn1C)NN. The molecule has 0 aliphatic heterocycles. The summed E-state index contributed by atoms with van der Waals surface area (Å²) in [5, 5.41) is 0. The van der Waals surface area contributed by atoms with Gasteiger partial charge < -0.3 is 4.57 Å². The first-order valence-electron chi connectivity index (χ1n) is 8.26. The van der Waals surface area contributed by atoms with Crippen molar-refractivity contribution in [3.05, 3.63) is 18.2 Å². The normalized spacial score (nSPS) is 13.9. The molecule has 0 bridgehead atoms. The molecule has 0 spiro atoms. The second-order valence-electron chi connectivity index (χ2n) is 5.70. The van der Waals surface area contributed by atoms with Crippen molar-refractivity contribution in [2.45, 2.75) is 65.0 Å². The highest BCUT2D eigenvalue weighted by atomic mass is 15.3. The molecule has 0 fully saturated rings. The van der Waals surface area contributed by atoms with E-state index in [1.54, 1.807) is 0 Å². The van der Waals surface area contributed by atoms with Crippen LogP contribution in [0.5, 0.6) is 0 Å². The average molecular weight is 295 g/mol. The fourth-order valence-electron chi connectivity index (χ4n) is 3.68. The van der Waals surface area contributed by atoms with Crippen LogP contribution in [-0.2, 0) is 13.5 Å². The van der Waals surface area contributed by atoms with Crippen LogP contribution >= 0.6 is 0 Å². The zero-order valence-corrected chi connectivity index (χ0v) is 14.4. The van der Waals surface area contributed by atoms with E-state index in [-0.39, 0.29) is 11.6 Å². The molecular weight excluding hydrogens is 262 g/mol. The maximum atomic E-state index is 5.93. The van der Waals surface area contributed by atoms with Crippen molar-refractivity contribution in [2.75, 3.05) is 13.1 Å². The minimum Gasteiger partial charge on any atom is -0.338 e. The highest BCUT2D eigenvalue weighted by Crippen LogP contribution is 2.30. The van der Waals surface area contributed by atoms with Gasteiger partial charge in [0.2, 0.25) is 0 Å². The number of rotatable bonds is 10. The maximum Gasteiger partial charge on any atom is 0.108 e. The molecule has 1 unspecified atom stereocenters. The average Bonchev–Trinajstić information content (AvgIpc) is 2.92. The minimum atomic E-state index is 0.114. The van der Waals surface area contributed by atoms with Crippen molar-refractivity contribution in [3.63, 3.8) is 0 Å². The third-order valence-electron chi connectivity index (χ3n) is 5.05. The Bertz CT molecular complexity index is 393. The quantitative estimate of drug-likeness (QED) is 0.512. The molecule has 0 aromatic carbocycles. The van der Waals surface area contributed by atoms with Gasteiger partial charge in [-0.1, -0.05) is 27.7 Å². The summed E-state index contributed by atoms with van der Waals surface area (Å²) in [4.78, 5) is 6.97. The monoisotopic (exact) mass is 295 g/mol. The van der Waals surface area contributed by atoms with Gasteiger partial charge in [-0.05, 0) is 32.4 Å². The Kier molecular flexibility index (Phi) is 7.35. The fraction of sp³-hybridized carbons (Fsp3) is 0.812. The molecule has 1 heterocycles. The summed E-state index contributed by atoms with van der Waals surface area (Å²) in [7, 11) is 2.05. The van der Waals surface area contributed by atoms with Crippen molar-refractivity contribution >= 4 is 0 Å². The Balaban J connectivity index is 2.89. The van der Waals surface area contributed by atoms with E-state index in [1.807, 2.05) is 19.4 Å². The molecule has 0 aliphatic rings. The van der Waals surface area contributed by atoms with Crippen molar-refractivity contribution in [1.29, 1.82) is 0 Å². The van der Waals surface area contributed by atoms with Crippen molar-refractivity contribution < 1.29 is 0 Å². The molecule has 0 amide bonds. The first kappa shape index (κ1) is 18.1. The molecule has 0 saturated carbocycles. The van der Waals surface area contributed by atoms with Crippen molar-refractivity contribution in [2.24, 2.45) is 12.9 Å². The molecule has 0 radical (unpaired) electrons. The summed E-state index contributed by atoms with van der Waals surface area (Å²) in [5.41, 5.74) is 3.21. The summed E-state index contributed by atoms with van der Waals surface area (Å²) in [5.74, 6) is 7.05. The Labute approximate surface area is 129 Å². The molecule has 5 heteroatoms. The van der Waals surface area contributed by atoms with Gasteiger partial charge in [0.05, 0.1) is 0 Å². The first-order valence-corrected chi connectivity index (χ1v) is 8.26. The van der Waals surface area contributed by atoms with E-state index in [0.717, 1.165) is 44.6 Å². The molecule has 1 rings (SSSR count). The second-order valence-corrected chi connectivity index (χ2v) is 5.70. The molecule has 3 N–H and O–H groups in total. The number of aromatic nitrogens is 2. The van der Waals surface area contributed by atoms with Gasteiger partial charge in [0.15, 0.2) is 0 Å². The maximum absolute atomic E-state index is 5.93. The number of hydrogen-bond donors (Lipinski definition) is 2. The number of nitrogens with zero attached hydrogens (tertiary/aromatic N) is 3. The van der Waals surface area contributed by atoms with Crippen molar-refractivity contribution in [3.8, 4) is 0 Å². The van der Waals surface area contributed by atoms with E-state index in [2.05, 4.69) is 47.6 Å². The third kappa shape index (κ3) is 3.84. The molecule has 5 nitrogen and oxygen atoms in total. The lowest BCUT2D eigenvalue weighted by atomic mass is 9.80. The zero-order valence-electron chi connectivity index (χ0n) is 14.4. The van der Waals surface area contributed by atoms with Gasteiger partial charge in [-0.15, -0.1) is 0 Å². The highest BCUT2D eigenvalue weighted by molar-refractivity contribution is 5.00. The largest absolute Gasteiger partial charge is 0.338 e. The van der Waals surface area contributed by atoms with Crippen LogP contribution in [0.3, 0.4) is 0 Å². The Morgan fingerprint density at radius 2 is 1.90 bits per heavy atom. The molecular formula is C16H33N5. The summed E-state index contributed by atoms with van der Waals surface area (Å²) in [6.45, 7) is 11.1. The number of likely N-dealkylation sites (N-methyl/N-ethyl adjacent to an activating group) is 1. The standard InChI is InChI=1S/C16H33N5/c1-6-16(7-2,21(8-3)9-4)14(19-17)10-11-15-18-12-13-20(15)5/h12-14,19H,6-11,17H2,1-5H3. The molecule has 1 aromatic rings. The Morgan fingerprint density at radius 3 is 2.29 bits per heavy atom. The van der Waals surface area contributed by atoms with Crippen LogP contribution in [0, 0.1) is 0 Å². The lowest BCUT2D eigenvalue weighted by molar-refractivity contribution is 0.0459. The van der Waals surface area contributed by atoms with Crippen LogP contribution in [0.1, 0.15) is 52.8 Å². The zero-order chi connectivity index (χ0) is 15.9. The lowest BCUT2D eigenvalue weighted by Crippen LogP contribution is -2.62. The summed E-state index contributed by atoms with van der Waals surface area (Å²) in [6.07, 6.45) is 8.00. The van der Waals surface area contributed by atoms with Gasteiger partial charge in [-0.2, -0.15) is 0 Å². The van der Waals surface area contributed by atoms with Crippen LogP contribution in [0.4, 0.5) is 0 Å². The molecule has 122 valence electrons. The predicted octanol–water partition coefficient (Wildman–Crippen LogP) is 2.09. The Morgan fingerprint density at radius 1 is 1.29 bits per heavy atom. The van der Waals surface area contributed by atoms with Gasteiger partial charge in [0.25, 0.3) is 0 Å². The smallest absolute Gasteiger partial charge is 0.108 e. The topological polar surface area (TPSA) is 59.1 Å². The highest BCUT2D eigenvalue weighted by Gasteiger charge is 2.39. The van der Waals surface area contributed by atoms with E-state index in [4.69, 9.17) is 5.84 Å². The first-order chi connectivity index (χ1) is 10.1. The summed E-state index contributed by atoms with van der Waals surface area (Å²) < 4.78 is 2.09. The summed E-state index contributed by atoms with van der Waals surface area (Å²) >= 11 is 0. The number of hydrogen-bond acceptors (Lipinski definition) is 4. The number of aryl methyl sites for hydroxylation is 2.